The lowest BCUT2D eigenvalue weighted by Gasteiger charge is -2.23. The Bertz CT molecular complexity index is 1190. The second-order valence-electron chi connectivity index (χ2n) is 9.24. The number of rotatable bonds is 7. The molecule has 2 aromatic rings. The van der Waals surface area contributed by atoms with Crippen LogP contribution < -0.4 is 10.0 Å². The molecule has 0 radical (unpaired) electrons. The van der Waals surface area contributed by atoms with Gasteiger partial charge in [-0.1, -0.05) is 47.3 Å². The Balaban J connectivity index is 0.000000479. The molecule has 2 aliphatic carbocycles. The molecule has 7 nitrogen and oxygen atoms in total. The lowest BCUT2D eigenvalue weighted by Crippen LogP contribution is -2.38. The van der Waals surface area contributed by atoms with Gasteiger partial charge in [-0.25, -0.2) is 13.2 Å². The quantitative estimate of drug-likeness (QED) is 0.380. The summed E-state index contributed by atoms with van der Waals surface area (Å²) in [4.78, 5) is 22.0. The molecule has 0 heterocycles. The molecule has 4 rings (SSSR count). The van der Waals surface area contributed by atoms with Gasteiger partial charge < -0.3 is 10.4 Å². The number of anilines is 1. The number of carbonyl (C=O) groups is 2. The molecule has 0 saturated heterocycles. The molecule has 0 aromatic heterocycles. The van der Waals surface area contributed by atoms with Crippen LogP contribution in [0.25, 0.3) is 0 Å². The molecule has 0 bridgehead atoms. The van der Waals surface area contributed by atoms with E-state index in [4.69, 9.17) is 9.90 Å². The molecule has 12 heteroatoms. The van der Waals surface area contributed by atoms with Gasteiger partial charge >= 0.3 is 12.1 Å². The number of sulfonamides is 1. The van der Waals surface area contributed by atoms with Crippen molar-refractivity contribution in [3.63, 3.8) is 0 Å². The van der Waals surface area contributed by atoms with E-state index in [1.165, 1.54) is 32.1 Å². The van der Waals surface area contributed by atoms with Crippen molar-refractivity contribution in [1.82, 2.24) is 5.32 Å². The van der Waals surface area contributed by atoms with Crippen LogP contribution in [0.4, 0.5) is 18.9 Å². The summed E-state index contributed by atoms with van der Waals surface area (Å²) in [5, 5.41) is 10.3. The fourth-order valence-electron chi connectivity index (χ4n) is 4.25. The fraction of sp³-hybridized carbons (Fsp3) is 0.440. The van der Waals surface area contributed by atoms with Gasteiger partial charge in [-0.2, -0.15) is 13.2 Å². The molecule has 2 fully saturated rings. The molecule has 0 aliphatic heterocycles. The average molecular weight is 605 g/mol. The largest absolute Gasteiger partial charge is 0.490 e. The Morgan fingerprint density at radius 1 is 0.973 bits per heavy atom. The summed E-state index contributed by atoms with van der Waals surface area (Å²) >= 11 is 3.31. The first kappa shape index (κ1) is 29.0. The molecule has 2 aliphatic rings. The highest BCUT2D eigenvalue weighted by atomic mass is 79.9. The van der Waals surface area contributed by atoms with Gasteiger partial charge in [-0.05, 0) is 73.6 Å². The van der Waals surface area contributed by atoms with E-state index in [1.54, 1.807) is 36.4 Å². The highest BCUT2D eigenvalue weighted by molar-refractivity contribution is 9.10. The van der Waals surface area contributed by atoms with Crippen molar-refractivity contribution in [2.75, 3.05) is 11.3 Å². The van der Waals surface area contributed by atoms with E-state index >= 15 is 0 Å². The summed E-state index contributed by atoms with van der Waals surface area (Å²) in [6.45, 7) is 0.770. The average Bonchev–Trinajstić information content (AvgIpc) is 3.66. The first-order valence-electron chi connectivity index (χ1n) is 11.8. The van der Waals surface area contributed by atoms with Crippen LogP contribution in [-0.2, 0) is 25.0 Å². The van der Waals surface area contributed by atoms with E-state index in [9.17, 15) is 26.4 Å². The monoisotopic (exact) mass is 604 g/mol. The van der Waals surface area contributed by atoms with Crippen LogP contribution in [0.1, 0.15) is 50.5 Å². The third-order valence-corrected chi connectivity index (χ3v) is 8.44. The van der Waals surface area contributed by atoms with Crippen LogP contribution in [0.2, 0.25) is 0 Å². The minimum absolute atomic E-state index is 0.108. The highest BCUT2D eigenvalue weighted by Gasteiger charge is 2.51. The van der Waals surface area contributed by atoms with E-state index in [0.29, 0.717) is 11.6 Å². The van der Waals surface area contributed by atoms with Crippen LogP contribution in [0.3, 0.4) is 0 Å². The van der Waals surface area contributed by atoms with Crippen LogP contribution in [0, 0.1) is 5.92 Å². The first-order chi connectivity index (χ1) is 17.3. The zero-order valence-corrected chi connectivity index (χ0v) is 22.3. The SMILES string of the molecule is O=C(NCC1CCCCC1)C1(c2ccc(NS(=O)(=O)c3ccc(Br)cc3)cc2)CC1.O=C(O)C(F)(F)F. The molecular weight excluding hydrogens is 577 g/mol. The molecular formula is C25H28BrF3N2O5S. The first-order valence-corrected chi connectivity index (χ1v) is 14.1. The number of amides is 1. The summed E-state index contributed by atoms with van der Waals surface area (Å²) in [5.74, 6) is -2.04. The van der Waals surface area contributed by atoms with Crippen molar-refractivity contribution < 1.29 is 36.3 Å². The lowest BCUT2D eigenvalue weighted by molar-refractivity contribution is -0.192. The smallest absolute Gasteiger partial charge is 0.475 e. The summed E-state index contributed by atoms with van der Waals surface area (Å²) in [6, 6.07) is 13.7. The second kappa shape index (κ2) is 11.8. The molecule has 3 N–H and O–H groups in total. The van der Waals surface area contributed by atoms with E-state index in [0.717, 1.165) is 29.4 Å². The zero-order chi connectivity index (χ0) is 27.3. The number of carboxylic acid groups (broad SMARTS) is 1. The Hall–Kier alpha value is -2.60. The van der Waals surface area contributed by atoms with Gasteiger partial charge in [0.25, 0.3) is 10.0 Å². The number of aliphatic carboxylic acids is 1. The molecule has 37 heavy (non-hydrogen) atoms. The second-order valence-corrected chi connectivity index (χ2v) is 11.8. The van der Waals surface area contributed by atoms with Gasteiger partial charge in [-0.3, -0.25) is 9.52 Å². The van der Waals surface area contributed by atoms with Gasteiger partial charge in [0, 0.05) is 16.7 Å². The van der Waals surface area contributed by atoms with Crippen LogP contribution in [-0.4, -0.2) is 38.1 Å². The van der Waals surface area contributed by atoms with Crippen molar-refractivity contribution in [2.45, 2.75) is 61.4 Å². The summed E-state index contributed by atoms with van der Waals surface area (Å²) < 4.78 is 60.3. The maximum atomic E-state index is 12.9. The number of carbonyl (C=O) groups excluding carboxylic acids is 1. The van der Waals surface area contributed by atoms with E-state index in [1.807, 2.05) is 12.1 Å². The minimum atomic E-state index is -5.08. The number of alkyl halides is 3. The molecule has 0 atom stereocenters. The molecule has 2 aromatic carbocycles. The Kier molecular flexibility index (Phi) is 9.27. The summed E-state index contributed by atoms with van der Waals surface area (Å²) in [7, 11) is -3.65. The predicted molar refractivity (Wildman–Crippen MR) is 136 cm³/mol. The predicted octanol–water partition coefficient (Wildman–Crippen LogP) is 5.61. The van der Waals surface area contributed by atoms with Gasteiger partial charge in [0.15, 0.2) is 0 Å². The maximum absolute atomic E-state index is 12.9. The number of halogens is 4. The Morgan fingerprint density at radius 2 is 1.51 bits per heavy atom. The maximum Gasteiger partial charge on any atom is 0.490 e. The topological polar surface area (TPSA) is 113 Å². The number of hydrogen-bond donors (Lipinski definition) is 3. The zero-order valence-electron chi connectivity index (χ0n) is 19.9. The van der Waals surface area contributed by atoms with Gasteiger partial charge in [0.1, 0.15) is 0 Å². The number of carboxylic acids is 1. The van der Waals surface area contributed by atoms with Gasteiger partial charge in [0.05, 0.1) is 10.3 Å². The standard InChI is InChI=1S/C23H27BrN2O3S.C2HF3O2/c24-19-8-12-21(13-9-19)30(28,29)26-20-10-6-18(7-11-20)23(14-15-23)22(27)25-16-17-4-2-1-3-5-17;3-2(4,5)1(6)7/h6-13,17,26H,1-5,14-16H2,(H,25,27);(H,6,7). The Morgan fingerprint density at radius 3 is 2.00 bits per heavy atom. The van der Waals surface area contributed by atoms with Crippen LogP contribution in [0.5, 0.6) is 0 Å². The lowest BCUT2D eigenvalue weighted by atomic mass is 9.88. The molecule has 2 saturated carbocycles. The van der Waals surface area contributed by atoms with Crippen molar-refractivity contribution in [1.29, 1.82) is 0 Å². The highest BCUT2D eigenvalue weighted by Crippen LogP contribution is 2.48. The normalized spacial score (nSPS) is 17.2. The summed E-state index contributed by atoms with van der Waals surface area (Å²) in [6.07, 6.45) is 2.86. The number of hydrogen-bond acceptors (Lipinski definition) is 4. The van der Waals surface area contributed by atoms with Crippen molar-refractivity contribution in [3.05, 3.63) is 58.6 Å². The van der Waals surface area contributed by atoms with Crippen LogP contribution in [0.15, 0.2) is 57.9 Å². The summed E-state index contributed by atoms with van der Waals surface area (Å²) in [5.41, 5.74) is 0.993. The third kappa shape index (κ3) is 7.94. The van der Waals surface area contributed by atoms with E-state index in [2.05, 4.69) is 26.0 Å². The molecule has 202 valence electrons. The van der Waals surface area contributed by atoms with Crippen LogP contribution >= 0.6 is 15.9 Å². The molecule has 1 amide bonds. The van der Waals surface area contributed by atoms with Crippen molar-refractivity contribution >= 4 is 43.5 Å². The van der Waals surface area contributed by atoms with E-state index in [-0.39, 0.29) is 10.8 Å². The van der Waals surface area contributed by atoms with Gasteiger partial charge in [-0.15, -0.1) is 0 Å². The molecule has 0 unspecified atom stereocenters. The third-order valence-electron chi connectivity index (χ3n) is 6.52. The molecule has 0 spiro atoms. The van der Waals surface area contributed by atoms with Gasteiger partial charge in [0.2, 0.25) is 5.91 Å². The number of benzene rings is 2. The van der Waals surface area contributed by atoms with Crippen molar-refractivity contribution in [2.24, 2.45) is 5.92 Å². The van der Waals surface area contributed by atoms with E-state index < -0.39 is 27.6 Å². The number of nitrogens with one attached hydrogen (secondary N) is 2. The Labute approximate surface area is 222 Å². The fourth-order valence-corrected chi connectivity index (χ4v) is 5.58. The van der Waals surface area contributed by atoms with Crippen molar-refractivity contribution in [3.8, 4) is 0 Å². The minimum Gasteiger partial charge on any atom is -0.475 e.